The molecule has 278 valence electrons. The second-order valence-electron chi connectivity index (χ2n) is 15.5. The summed E-state index contributed by atoms with van der Waals surface area (Å²) in [4.78, 5) is 15.2. The Morgan fingerprint density at radius 2 is 1.10 bits per heavy atom. The Labute approximate surface area is 342 Å². The van der Waals surface area contributed by atoms with Gasteiger partial charge in [0.15, 0.2) is 17.5 Å². The summed E-state index contributed by atoms with van der Waals surface area (Å²) in [6.45, 7) is 2.19. The SMILES string of the molecule is Cc1cccc2c1c1cccc3c4c5c(ccc4n2c13)c1ccccc1n5-c1c(C#N)cc(-c2nc(-c3ccccc3)nc(-c3ccccc3)n2)c2oc3ccccc3c12. The fourth-order valence-corrected chi connectivity index (χ4v) is 9.77. The van der Waals surface area contributed by atoms with Crippen LogP contribution in [0.15, 0.2) is 168 Å². The van der Waals surface area contributed by atoms with Gasteiger partial charge in [0.1, 0.15) is 17.2 Å². The average molecular weight is 767 g/mol. The predicted octanol–water partition coefficient (Wildman–Crippen LogP) is 13.2. The smallest absolute Gasteiger partial charge is 0.167 e. The van der Waals surface area contributed by atoms with E-state index in [2.05, 4.69) is 101 Å². The van der Waals surface area contributed by atoms with Crippen molar-refractivity contribution in [3.8, 4) is 45.9 Å². The van der Waals surface area contributed by atoms with Crippen LogP contribution in [-0.2, 0) is 0 Å². The molecule has 0 amide bonds. The van der Waals surface area contributed by atoms with Gasteiger partial charge in [-0.15, -0.1) is 0 Å². The Morgan fingerprint density at radius 1 is 0.500 bits per heavy atom. The number of hydrogen-bond donors (Lipinski definition) is 0. The highest BCUT2D eigenvalue weighted by atomic mass is 16.3. The van der Waals surface area contributed by atoms with E-state index in [1.165, 1.54) is 32.8 Å². The van der Waals surface area contributed by atoms with Crippen molar-refractivity contribution in [3.05, 3.63) is 175 Å². The van der Waals surface area contributed by atoms with Crippen LogP contribution < -0.4 is 0 Å². The number of hydrogen-bond acceptors (Lipinski definition) is 5. The number of para-hydroxylation sites is 3. The van der Waals surface area contributed by atoms with Crippen LogP contribution in [0.3, 0.4) is 0 Å². The number of aromatic nitrogens is 5. The van der Waals surface area contributed by atoms with Gasteiger partial charge in [-0.25, -0.2) is 15.0 Å². The van der Waals surface area contributed by atoms with Gasteiger partial charge in [-0.05, 0) is 42.8 Å². The van der Waals surface area contributed by atoms with E-state index in [4.69, 9.17) is 19.4 Å². The molecule has 5 aromatic heterocycles. The van der Waals surface area contributed by atoms with Crippen molar-refractivity contribution in [2.75, 3.05) is 0 Å². The number of rotatable bonds is 4. The van der Waals surface area contributed by atoms with Crippen molar-refractivity contribution in [2.24, 2.45) is 0 Å². The molecule has 0 saturated carbocycles. The summed E-state index contributed by atoms with van der Waals surface area (Å²) in [6, 6.07) is 58.7. The van der Waals surface area contributed by atoms with Crippen molar-refractivity contribution in [1.82, 2.24) is 23.9 Å². The van der Waals surface area contributed by atoms with Crippen molar-refractivity contribution < 1.29 is 4.42 Å². The van der Waals surface area contributed by atoms with Crippen molar-refractivity contribution in [3.63, 3.8) is 0 Å². The minimum absolute atomic E-state index is 0.422. The molecule has 13 aromatic rings. The highest BCUT2D eigenvalue weighted by Gasteiger charge is 2.28. The molecule has 13 rings (SSSR count). The van der Waals surface area contributed by atoms with Crippen LogP contribution in [0.5, 0.6) is 0 Å². The maximum absolute atomic E-state index is 11.4. The van der Waals surface area contributed by atoms with Gasteiger partial charge in [-0.2, -0.15) is 5.26 Å². The molecule has 0 bridgehead atoms. The van der Waals surface area contributed by atoms with Crippen LogP contribution >= 0.6 is 0 Å². The lowest BCUT2D eigenvalue weighted by molar-refractivity contribution is 0.669. The van der Waals surface area contributed by atoms with Gasteiger partial charge in [0.25, 0.3) is 0 Å². The summed E-state index contributed by atoms with van der Waals surface area (Å²) in [5.41, 5.74) is 11.7. The van der Waals surface area contributed by atoms with Crippen LogP contribution in [0.4, 0.5) is 0 Å². The normalized spacial score (nSPS) is 12.1. The van der Waals surface area contributed by atoms with Crippen LogP contribution in [0.1, 0.15) is 11.1 Å². The van der Waals surface area contributed by atoms with Crippen LogP contribution in [0.25, 0.3) is 122 Å². The Balaban J connectivity index is 1.20. The van der Waals surface area contributed by atoms with Crippen molar-refractivity contribution in [2.45, 2.75) is 6.92 Å². The molecule has 0 atom stereocenters. The number of fused-ring (bicyclic) bond motifs is 13. The fourth-order valence-electron chi connectivity index (χ4n) is 9.77. The van der Waals surface area contributed by atoms with E-state index in [-0.39, 0.29) is 0 Å². The molecule has 7 nitrogen and oxygen atoms in total. The molecule has 0 unspecified atom stereocenters. The summed E-state index contributed by atoms with van der Waals surface area (Å²) >= 11 is 0. The maximum Gasteiger partial charge on any atom is 0.167 e. The zero-order chi connectivity index (χ0) is 39.6. The molecular formula is C53H30N6O. The van der Waals surface area contributed by atoms with Gasteiger partial charge in [0.2, 0.25) is 0 Å². The maximum atomic E-state index is 11.4. The number of furan rings is 1. The monoisotopic (exact) mass is 766 g/mol. The van der Waals surface area contributed by atoms with E-state index < -0.39 is 0 Å². The lowest BCUT2D eigenvalue weighted by Gasteiger charge is -2.15. The quantitative estimate of drug-likeness (QED) is 0.178. The molecule has 8 aromatic carbocycles. The Morgan fingerprint density at radius 3 is 1.85 bits per heavy atom. The van der Waals surface area contributed by atoms with Gasteiger partial charge >= 0.3 is 0 Å². The fraction of sp³-hybridized carbons (Fsp3) is 0.0189. The Kier molecular flexibility index (Phi) is 6.59. The third-order valence-corrected chi connectivity index (χ3v) is 12.3. The first-order chi connectivity index (χ1) is 29.7. The van der Waals surface area contributed by atoms with E-state index in [0.717, 1.165) is 60.3 Å². The van der Waals surface area contributed by atoms with Crippen molar-refractivity contribution in [1.29, 1.82) is 5.26 Å². The largest absolute Gasteiger partial charge is 0.455 e. The molecule has 5 heterocycles. The van der Waals surface area contributed by atoms with E-state index in [0.29, 0.717) is 39.8 Å². The highest BCUT2D eigenvalue weighted by molar-refractivity contribution is 6.31. The molecule has 0 aliphatic carbocycles. The van der Waals surface area contributed by atoms with Gasteiger partial charge in [-0.3, -0.25) is 0 Å². The van der Waals surface area contributed by atoms with Gasteiger partial charge in [-0.1, -0.05) is 133 Å². The predicted molar refractivity (Wildman–Crippen MR) is 242 cm³/mol. The van der Waals surface area contributed by atoms with E-state index in [1.807, 2.05) is 84.9 Å². The first-order valence-corrected chi connectivity index (χ1v) is 20.0. The first kappa shape index (κ1) is 32.7. The summed E-state index contributed by atoms with van der Waals surface area (Å²) in [6.07, 6.45) is 0. The molecule has 0 N–H and O–H groups in total. The number of aryl methyl sites for hydroxylation is 1. The minimum Gasteiger partial charge on any atom is -0.455 e. The molecule has 0 spiro atoms. The number of nitrogens with zero attached hydrogens (tertiary/aromatic N) is 6. The van der Waals surface area contributed by atoms with Crippen LogP contribution in [-0.4, -0.2) is 23.9 Å². The van der Waals surface area contributed by atoms with Gasteiger partial charge in [0.05, 0.1) is 49.8 Å². The molecule has 0 aliphatic rings. The van der Waals surface area contributed by atoms with Crippen LogP contribution in [0.2, 0.25) is 0 Å². The molecule has 60 heavy (non-hydrogen) atoms. The minimum atomic E-state index is 0.422. The number of nitriles is 1. The Bertz CT molecular complexity index is 3910. The van der Waals surface area contributed by atoms with Crippen molar-refractivity contribution >= 4 is 81.8 Å². The summed E-state index contributed by atoms with van der Waals surface area (Å²) in [5, 5.41) is 20.1. The lowest BCUT2D eigenvalue weighted by Crippen LogP contribution is -2.03. The lowest BCUT2D eigenvalue weighted by atomic mass is 10.0. The third kappa shape index (κ3) is 4.34. The molecular weight excluding hydrogens is 737 g/mol. The van der Waals surface area contributed by atoms with Gasteiger partial charge in [0, 0.05) is 48.8 Å². The molecule has 0 saturated heterocycles. The second kappa shape index (κ2) is 12.1. The third-order valence-electron chi connectivity index (χ3n) is 12.3. The van der Waals surface area contributed by atoms with E-state index >= 15 is 0 Å². The standard InChI is InChI=1S/C53H30N6O/c1-30-14-12-24-41-44(30)37-21-13-22-38-45-42(58(41)48(37)38)27-26-35-34-19-8-10-23-40(34)59(49(35)45)47-33(29-54)28-39(50-46(47)36-20-9-11-25-43(36)60-50)53-56-51(31-15-4-2-5-16-31)55-52(57-53)32-17-6-3-7-18-32/h2-28H,1H3. The van der Waals surface area contributed by atoms with E-state index in [9.17, 15) is 5.26 Å². The molecule has 0 radical (unpaired) electrons. The first-order valence-electron chi connectivity index (χ1n) is 20.0. The summed E-state index contributed by atoms with van der Waals surface area (Å²) < 4.78 is 11.6. The van der Waals surface area contributed by atoms with E-state index in [1.54, 1.807) is 0 Å². The van der Waals surface area contributed by atoms with Gasteiger partial charge < -0.3 is 13.4 Å². The number of benzene rings is 8. The molecule has 0 fully saturated rings. The highest BCUT2D eigenvalue weighted by Crippen LogP contribution is 2.48. The second-order valence-corrected chi connectivity index (χ2v) is 15.5. The Hall–Kier alpha value is -8.34. The topological polar surface area (TPSA) is 84.9 Å². The van der Waals surface area contributed by atoms with Crippen LogP contribution in [0, 0.1) is 18.3 Å². The summed E-state index contributed by atoms with van der Waals surface area (Å²) in [7, 11) is 0. The molecule has 7 heteroatoms. The average Bonchev–Trinajstić information content (AvgIpc) is 4.05. The summed E-state index contributed by atoms with van der Waals surface area (Å²) in [5.74, 6) is 1.49. The molecule has 0 aliphatic heterocycles. The zero-order valence-corrected chi connectivity index (χ0v) is 32.2. The zero-order valence-electron chi connectivity index (χ0n) is 32.2.